The van der Waals surface area contributed by atoms with Crippen LogP contribution in [0.2, 0.25) is 0 Å². The maximum atomic E-state index is 12.3. The lowest BCUT2D eigenvalue weighted by Crippen LogP contribution is -2.39. The van der Waals surface area contributed by atoms with E-state index in [1.807, 2.05) is 31.2 Å². The zero-order valence-corrected chi connectivity index (χ0v) is 15.3. The van der Waals surface area contributed by atoms with Crippen molar-refractivity contribution in [1.29, 1.82) is 0 Å². The van der Waals surface area contributed by atoms with Crippen molar-refractivity contribution in [2.24, 2.45) is 4.99 Å². The fraction of sp³-hybridized carbons (Fsp3) is 0.500. The fourth-order valence-electron chi connectivity index (χ4n) is 2.72. The number of para-hydroxylation sites is 1. The lowest BCUT2D eigenvalue weighted by Gasteiger charge is -2.18. The molecule has 0 amide bonds. The molecule has 2 aromatic rings. The summed E-state index contributed by atoms with van der Waals surface area (Å²) in [5.74, 6) is 1.42. The molecule has 0 saturated heterocycles. The van der Waals surface area contributed by atoms with E-state index in [2.05, 4.69) is 15.6 Å². The van der Waals surface area contributed by atoms with Crippen molar-refractivity contribution >= 4 is 16.9 Å². The second kappa shape index (κ2) is 8.93. The van der Waals surface area contributed by atoms with Gasteiger partial charge in [-0.1, -0.05) is 18.2 Å². The highest BCUT2D eigenvalue weighted by molar-refractivity contribution is 5.82. The molecule has 0 radical (unpaired) electrons. The van der Waals surface area contributed by atoms with Crippen molar-refractivity contribution in [3.63, 3.8) is 0 Å². The average Bonchev–Trinajstić information content (AvgIpc) is 2.89. The van der Waals surface area contributed by atoms with Crippen LogP contribution in [-0.2, 0) is 6.54 Å². The number of hydrogen-bond acceptors (Lipinski definition) is 3. The summed E-state index contributed by atoms with van der Waals surface area (Å²) in [4.78, 5) is 5.38. The molecular formula is C18H25F3N4O. The molecule has 0 unspecified atom stereocenters. The van der Waals surface area contributed by atoms with Crippen molar-refractivity contribution < 1.29 is 17.6 Å². The van der Waals surface area contributed by atoms with Crippen LogP contribution in [0.25, 0.3) is 11.0 Å². The lowest BCUT2D eigenvalue weighted by molar-refractivity contribution is -0.143. The van der Waals surface area contributed by atoms with Gasteiger partial charge in [0, 0.05) is 24.5 Å². The maximum Gasteiger partial charge on any atom is 0.401 e. The first-order valence-corrected chi connectivity index (χ1v) is 8.47. The quantitative estimate of drug-likeness (QED) is 0.446. The number of fused-ring (bicyclic) bond motifs is 1. The SMILES string of the molecule is CN=C(NCCCN(C)CC(F)(F)F)NCc1oc2ccccc2c1C. The largest absolute Gasteiger partial charge is 0.459 e. The predicted octanol–water partition coefficient (Wildman–Crippen LogP) is 3.29. The third kappa shape index (κ3) is 5.94. The second-order valence-corrected chi connectivity index (χ2v) is 6.21. The first-order valence-electron chi connectivity index (χ1n) is 8.47. The van der Waals surface area contributed by atoms with E-state index in [0.717, 1.165) is 22.3 Å². The van der Waals surface area contributed by atoms with Gasteiger partial charge in [0.2, 0.25) is 0 Å². The van der Waals surface area contributed by atoms with Gasteiger partial charge in [0.05, 0.1) is 13.1 Å². The highest BCUT2D eigenvalue weighted by atomic mass is 19.4. The summed E-state index contributed by atoms with van der Waals surface area (Å²) in [6.07, 6.45) is -3.58. The Balaban J connectivity index is 1.76. The maximum absolute atomic E-state index is 12.3. The number of guanidine groups is 1. The van der Waals surface area contributed by atoms with Crippen LogP contribution in [-0.4, -0.2) is 50.8 Å². The molecule has 0 aliphatic rings. The molecule has 8 heteroatoms. The third-order valence-corrected chi connectivity index (χ3v) is 4.04. The summed E-state index contributed by atoms with van der Waals surface area (Å²) < 4.78 is 42.7. The minimum absolute atomic E-state index is 0.353. The summed E-state index contributed by atoms with van der Waals surface area (Å²) >= 11 is 0. The van der Waals surface area contributed by atoms with E-state index in [4.69, 9.17) is 4.42 Å². The summed E-state index contributed by atoms with van der Waals surface area (Å²) in [6, 6.07) is 7.84. The summed E-state index contributed by atoms with van der Waals surface area (Å²) in [6.45, 7) is 2.47. The van der Waals surface area contributed by atoms with Crippen molar-refractivity contribution in [2.75, 3.05) is 33.7 Å². The topological polar surface area (TPSA) is 52.8 Å². The van der Waals surface area contributed by atoms with Gasteiger partial charge in [-0.15, -0.1) is 0 Å². The molecule has 0 bridgehead atoms. The van der Waals surface area contributed by atoms with Gasteiger partial charge in [-0.25, -0.2) is 0 Å². The number of furan rings is 1. The van der Waals surface area contributed by atoms with Crippen LogP contribution >= 0.6 is 0 Å². The number of nitrogens with one attached hydrogen (secondary N) is 2. The van der Waals surface area contributed by atoms with Crippen LogP contribution in [0.1, 0.15) is 17.7 Å². The second-order valence-electron chi connectivity index (χ2n) is 6.21. The van der Waals surface area contributed by atoms with E-state index in [9.17, 15) is 13.2 Å². The summed E-state index contributed by atoms with van der Waals surface area (Å²) in [7, 11) is 3.11. The van der Waals surface area contributed by atoms with E-state index >= 15 is 0 Å². The van der Waals surface area contributed by atoms with Crippen LogP contribution in [0.4, 0.5) is 13.2 Å². The Morgan fingerprint density at radius 3 is 2.62 bits per heavy atom. The van der Waals surface area contributed by atoms with Crippen LogP contribution in [0.5, 0.6) is 0 Å². The molecule has 0 fully saturated rings. The number of hydrogen-bond donors (Lipinski definition) is 2. The van der Waals surface area contributed by atoms with Crippen LogP contribution < -0.4 is 10.6 Å². The van der Waals surface area contributed by atoms with E-state index in [1.54, 1.807) is 7.05 Å². The van der Waals surface area contributed by atoms with Gasteiger partial charge in [0.1, 0.15) is 11.3 Å². The van der Waals surface area contributed by atoms with Gasteiger partial charge in [0.25, 0.3) is 0 Å². The minimum atomic E-state index is -4.16. The van der Waals surface area contributed by atoms with Gasteiger partial charge in [-0.05, 0) is 33.0 Å². The number of aryl methyl sites for hydroxylation is 1. The van der Waals surface area contributed by atoms with Crippen LogP contribution in [0.3, 0.4) is 0 Å². The molecule has 2 rings (SSSR count). The molecule has 5 nitrogen and oxygen atoms in total. The Morgan fingerprint density at radius 2 is 1.96 bits per heavy atom. The zero-order chi connectivity index (χ0) is 19.2. The Morgan fingerprint density at radius 1 is 1.23 bits per heavy atom. The van der Waals surface area contributed by atoms with E-state index in [1.165, 1.54) is 11.9 Å². The Kier molecular flexibility index (Phi) is 6.90. The lowest BCUT2D eigenvalue weighted by atomic mass is 10.1. The number of alkyl halides is 3. The molecule has 144 valence electrons. The van der Waals surface area contributed by atoms with Crippen LogP contribution in [0.15, 0.2) is 33.7 Å². The Hall–Kier alpha value is -2.22. The molecule has 0 saturated carbocycles. The first-order chi connectivity index (χ1) is 12.3. The molecule has 1 aromatic carbocycles. The number of aliphatic imine (C=N–C) groups is 1. The van der Waals surface area contributed by atoms with Crippen molar-refractivity contribution in [2.45, 2.75) is 26.1 Å². The minimum Gasteiger partial charge on any atom is -0.459 e. The standard InChI is InChI=1S/C18H25F3N4O/c1-13-14-7-4-5-8-15(14)26-16(13)11-24-17(22-2)23-9-6-10-25(3)12-18(19,20)21/h4-5,7-8H,6,9-12H2,1-3H3,(H2,22,23,24). The normalized spacial score (nSPS) is 12.8. The van der Waals surface area contributed by atoms with Crippen molar-refractivity contribution in [1.82, 2.24) is 15.5 Å². The number of nitrogens with zero attached hydrogens (tertiary/aromatic N) is 2. The number of halogens is 3. The first kappa shape index (κ1) is 20.1. The molecular weight excluding hydrogens is 345 g/mol. The Labute approximate surface area is 151 Å². The molecule has 0 spiro atoms. The number of rotatable bonds is 7. The third-order valence-electron chi connectivity index (χ3n) is 4.04. The van der Waals surface area contributed by atoms with Gasteiger partial charge < -0.3 is 15.1 Å². The van der Waals surface area contributed by atoms with Gasteiger partial charge >= 0.3 is 6.18 Å². The fourth-order valence-corrected chi connectivity index (χ4v) is 2.72. The molecule has 2 N–H and O–H groups in total. The summed E-state index contributed by atoms with van der Waals surface area (Å²) in [5, 5.41) is 7.35. The van der Waals surface area contributed by atoms with Crippen molar-refractivity contribution in [3.8, 4) is 0 Å². The van der Waals surface area contributed by atoms with Gasteiger partial charge in [-0.3, -0.25) is 9.89 Å². The molecule has 0 aliphatic heterocycles. The van der Waals surface area contributed by atoms with Gasteiger partial charge in [0.15, 0.2) is 5.96 Å². The van der Waals surface area contributed by atoms with Crippen LogP contribution in [0, 0.1) is 6.92 Å². The number of benzene rings is 1. The van der Waals surface area contributed by atoms with E-state index < -0.39 is 12.7 Å². The zero-order valence-electron chi connectivity index (χ0n) is 15.3. The van der Waals surface area contributed by atoms with E-state index in [0.29, 0.717) is 32.0 Å². The van der Waals surface area contributed by atoms with E-state index in [-0.39, 0.29) is 0 Å². The molecule has 26 heavy (non-hydrogen) atoms. The predicted molar refractivity (Wildman–Crippen MR) is 97.3 cm³/mol. The summed E-state index contributed by atoms with van der Waals surface area (Å²) in [5.41, 5.74) is 1.93. The van der Waals surface area contributed by atoms with Crippen molar-refractivity contribution in [3.05, 3.63) is 35.6 Å². The average molecular weight is 370 g/mol. The molecule has 1 aromatic heterocycles. The molecule has 1 heterocycles. The molecule has 0 aliphatic carbocycles. The highest BCUT2D eigenvalue weighted by Gasteiger charge is 2.28. The smallest absolute Gasteiger partial charge is 0.401 e. The monoisotopic (exact) mass is 370 g/mol. The molecule has 0 atom stereocenters. The highest BCUT2D eigenvalue weighted by Crippen LogP contribution is 2.24. The Bertz CT molecular complexity index is 740. The van der Waals surface area contributed by atoms with Gasteiger partial charge in [-0.2, -0.15) is 13.2 Å².